The zero-order chi connectivity index (χ0) is 25.1. The summed E-state index contributed by atoms with van der Waals surface area (Å²) in [6.45, 7) is 2.47. The number of nitrogens with one attached hydrogen (secondary N) is 2. The number of aryl methyl sites for hydroxylation is 1. The van der Waals surface area contributed by atoms with E-state index in [-0.39, 0.29) is 17.7 Å². The molecule has 1 aliphatic carbocycles. The zero-order valence-electron chi connectivity index (χ0n) is 20.6. The molecule has 1 fully saturated rings. The molecule has 0 aliphatic heterocycles. The highest BCUT2D eigenvalue weighted by Crippen LogP contribution is 2.43. The number of pyridine rings is 2. The van der Waals surface area contributed by atoms with Gasteiger partial charge in [0, 0.05) is 47.6 Å². The Morgan fingerprint density at radius 1 is 1.17 bits per heavy atom. The average Bonchev–Trinajstić information content (AvgIpc) is 3.32. The second kappa shape index (κ2) is 10.5. The van der Waals surface area contributed by atoms with E-state index in [4.69, 9.17) is 9.72 Å². The van der Waals surface area contributed by atoms with Crippen LogP contribution in [0.3, 0.4) is 0 Å². The van der Waals surface area contributed by atoms with Crippen LogP contribution in [-0.4, -0.2) is 50.7 Å². The molecule has 4 aromatic rings. The second-order valence-corrected chi connectivity index (χ2v) is 9.42. The van der Waals surface area contributed by atoms with Crippen LogP contribution in [0.25, 0.3) is 11.0 Å². The van der Waals surface area contributed by atoms with Crippen LogP contribution in [-0.2, 0) is 6.42 Å². The SMILES string of the molecule is COc1ncccc1C1CCC(O)C(c2nc3ccc(C(=O)NCCc4cccc(C)n4)cc3[nH]2)C1. The lowest BCUT2D eigenvalue weighted by atomic mass is 9.76. The van der Waals surface area contributed by atoms with Crippen molar-refractivity contribution in [1.82, 2.24) is 25.3 Å². The first-order valence-corrected chi connectivity index (χ1v) is 12.4. The highest BCUT2D eigenvalue weighted by molar-refractivity contribution is 5.97. The number of carbonyl (C=O) groups is 1. The number of rotatable bonds is 7. The zero-order valence-corrected chi connectivity index (χ0v) is 20.6. The average molecular weight is 486 g/mol. The minimum atomic E-state index is -0.484. The van der Waals surface area contributed by atoms with Crippen molar-refractivity contribution in [3.05, 3.63) is 83.1 Å². The Labute approximate surface area is 210 Å². The van der Waals surface area contributed by atoms with Crippen molar-refractivity contribution in [3.8, 4) is 5.88 Å². The molecule has 5 rings (SSSR count). The third kappa shape index (κ3) is 5.09. The van der Waals surface area contributed by atoms with Gasteiger partial charge in [-0.2, -0.15) is 0 Å². The smallest absolute Gasteiger partial charge is 0.251 e. The number of fused-ring (bicyclic) bond motifs is 1. The number of methoxy groups -OCH3 is 1. The molecule has 1 aromatic carbocycles. The maximum Gasteiger partial charge on any atom is 0.251 e. The molecule has 0 spiro atoms. The van der Waals surface area contributed by atoms with Crippen LogP contribution < -0.4 is 10.1 Å². The molecular formula is C28H31N5O3. The number of imidazole rings is 1. The maximum atomic E-state index is 12.7. The lowest BCUT2D eigenvalue weighted by Gasteiger charge is -2.32. The van der Waals surface area contributed by atoms with Crippen LogP contribution >= 0.6 is 0 Å². The lowest BCUT2D eigenvalue weighted by Crippen LogP contribution is -2.27. The molecule has 3 aromatic heterocycles. The maximum absolute atomic E-state index is 12.7. The van der Waals surface area contributed by atoms with Gasteiger partial charge in [-0.3, -0.25) is 9.78 Å². The molecule has 186 valence electrons. The van der Waals surface area contributed by atoms with E-state index in [2.05, 4.69) is 20.3 Å². The van der Waals surface area contributed by atoms with Crippen molar-refractivity contribution in [2.45, 2.75) is 50.5 Å². The third-order valence-corrected chi connectivity index (χ3v) is 6.97. The number of aliphatic hydroxyl groups is 1. The number of aromatic nitrogens is 4. The fourth-order valence-corrected chi connectivity index (χ4v) is 5.11. The molecule has 8 heteroatoms. The molecule has 1 saturated carbocycles. The van der Waals surface area contributed by atoms with E-state index in [1.165, 1.54) is 0 Å². The molecule has 3 atom stereocenters. The van der Waals surface area contributed by atoms with E-state index in [0.29, 0.717) is 30.8 Å². The second-order valence-electron chi connectivity index (χ2n) is 9.42. The van der Waals surface area contributed by atoms with Crippen LogP contribution in [0.4, 0.5) is 0 Å². The van der Waals surface area contributed by atoms with Gasteiger partial charge < -0.3 is 20.1 Å². The summed E-state index contributed by atoms with van der Waals surface area (Å²) in [5.74, 6) is 1.33. The van der Waals surface area contributed by atoms with Crippen molar-refractivity contribution >= 4 is 16.9 Å². The monoisotopic (exact) mass is 485 g/mol. The fourth-order valence-electron chi connectivity index (χ4n) is 5.11. The van der Waals surface area contributed by atoms with Gasteiger partial charge in [-0.05, 0) is 68.5 Å². The van der Waals surface area contributed by atoms with Gasteiger partial charge in [-0.1, -0.05) is 12.1 Å². The summed E-state index contributed by atoms with van der Waals surface area (Å²) < 4.78 is 5.47. The molecular weight excluding hydrogens is 454 g/mol. The van der Waals surface area contributed by atoms with Gasteiger partial charge in [-0.15, -0.1) is 0 Å². The summed E-state index contributed by atoms with van der Waals surface area (Å²) in [4.78, 5) is 29.7. The molecule has 8 nitrogen and oxygen atoms in total. The quantitative estimate of drug-likeness (QED) is 0.364. The highest BCUT2D eigenvalue weighted by Gasteiger charge is 2.34. The van der Waals surface area contributed by atoms with Gasteiger partial charge in [0.2, 0.25) is 5.88 Å². The molecule has 1 amide bonds. The van der Waals surface area contributed by atoms with E-state index in [9.17, 15) is 9.90 Å². The standard InChI is InChI=1S/C28H31N5O3/c1-17-5-3-6-20(31-17)12-14-29-27(35)19-8-10-23-24(16-19)33-26(32-23)22-15-18(9-11-25(22)34)21-7-4-13-30-28(21)36-2/h3-8,10,13,16,18,22,25,34H,9,11-12,14-15H2,1-2H3,(H,29,35)(H,32,33). The van der Waals surface area contributed by atoms with Crippen LogP contribution in [0.5, 0.6) is 5.88 Å². The molecule has 36 heavy (non-hydrogen) atoms. The Bertz CT molecular complexity index is 1370. The van der Waals surface area contributed by atoms with E-state index in [1.807, 2.05) is 49.4 Å². The molecule has 3 unspecified atom stereocenters. The number of aliphatic hydroxyl groups excluding tert-OH is 1. The summed E-state index contributed by atoms with van der Waals surface area (Å²) in [5, 5.41) is 13.8. The molecule has 3 heterocycles. The summed E-state index contributed by atoms with van der Waals surface area (Å²) >= 11 is 0. The van der Waals surface area contributed by atoms with Crippen LogP contribution in [0.2, 0.25) is 0 Å². The first-order valence-electron chi connectivity index (χ1n) is 12.4. The number of hydrogen-bond acceptors (Lipinski definition) is 6. The predicted molar refractivity (Wildman–Crippen MR) is 137 cm³/mol. The number of benzene rings is 1. The van der Waals surface area contributed by atoms with Gasteiger partial charge in [0.15, 0.2) is 0 Å². The summed E-state index contributed by atoms with van der Waals surface area (Å²) in [6, 6.07) is 15.3. The number of carbonyl (C=O) groups excluding carboxylic acids is 1. The van der Waals surface area contributed by atoms with Crippen LogP contribution in [0.15, 0.2) is 54.7 Å². The van der Waals surface area contributed by atoms with Gasteiger partial charge in [0.1, 0.15) is 5.82 Å². The molecule has 1 aliphatic rings. The Hall–Kier alpha value is -3.78. The molecule has 0 bridgehead atoms. The highest BCUT2D eigenvalue weighted by atomic mass is 16.5. The summed E-state index contributed by atoms with van der Waals surface area (Å²) in [5.41, 5.74) is 5.11. The predicted octanol–water partition coefficient (Wildman–Crippen LogP) is 4.05. The number of H-pyrrole nitrogens is 1. The Morgan fingerprint density at radius 2 is 2.06 bits per heavy atom. The molecule has 0 radical (unpaired) electrons. The fraction of sp³-hybridized carbons (Fsp3) is 0.357. The summed E-state index contributed by atoms with van der Waals surface area (Å²) in [6.07, 6.45) is 4.19. The minimum Gasteiger partial charge on any atom is -0.481 e. The molecule has 3 N–H and O–H groups in total. The number of hydrogen-bond donors (Lipinski definition) is 3. The van der Waals surface area contributed by atoms with E-state index in [1.54, 1.807) is 19.4 Å². The number of nitrogens with zero attached hydrogens (tertiary/aromatic N) is 3. The van der Waals surface area contributed by atoms with E-state index < -0.39 is 6.10 Å². The van der Waals surface area contributed by atoms with E-state index >= 15 is 0 Å². The van der Waals surface area contributed by atoms with Gasteiger partial charge in [0.05, 0.1) is 24.2 Å². The molecule has 0 saturated heterocycles. The van der Waals surface area contributed by atoms with Crippen molar-refractivity contribution in [1.29, 1.82) is 0 Å². The van der Waals surface area contributed by atoms with Crippen LogP contribution in [0.1, 0.15) is 64.2 Å². The minimum absolute atomic E-state index is 0.137. The Kier molecular flexibility index (Phi) is 6.95. The Morgan fingerprint density at radius 3 is 2.89 bits per heavy atom. The largest absolute Gasteiger partial charge is 0.481 e. The van der Waals surface area contributed by atoms with Gasteiger partial charge in [0.25, 0.3) is 5.91 Å². The third-order valence-electron chi connectivity index (χ3n) is 6.97. The number of amides is 1. The number of ether oxygens (including phenoxy) is 1. The Balaban J connectivity index is 1.29. The first kappa shape index (κ1) is 23.9. The van der Waals surface area contributed by atoms with E-state index in [0.717, 1.165) is 46.7 Å². The van der Waals surface area contributed by atoms with Crippen LogP contribution in [0, 0.1) is 6.92 Å². The van der Waals surface area contributed by atoms with Crippen molar-refractivity contribution in [2.75, 3.05) is 13.7 Å². The topological polar surface area (TPSA) is 113 Å². The first-order chi connectivity index (χ1) is 17.5. The van der Waals surface area contributed by atoms with Crippen molar-refractivity contribution < 1.29 is 14.6 Å². The van der Waals surface area contributed by atoms with Gasteiger partial charge >= 0.3 is 0 Å². The lowest BCUT2D eigenvalue weighted by molar-refractivity contribution is 0.0943. The number of aromatic amines is 1. The normalized spacial score (nSPS) is 19.8. The van der Waals surface area contributed by atoms with Crippen molar-refractivity contribution in [2.24, 2.45) is 0 Å². The van der Waals surface area contributed by atoms with Crippen molar-refractivity contribution in [3.63, 3.8) is 0 Å². The summed E-state index contributed by atoms with van der Waals surface area (Å²) in [7, 11) is 1.63. The van der Waals surface area contributed by atoms with Gasteiger partial charge in [-0.25, -0.2) is 9.97 Å².